The first-order chi connectivity index (χ1) is 14.6. The highest BCUT2D eigenvalue weighted by Crippen LogP contribution is 2.20. The fraction of sp³-hybridized carbons (Fsp3) is 0.680. The van der Waals surface area contributed by atoms with Gasteiger partial charge in [0, 0.05) is 18.1 Å². The second kappa shape index (κ2) is 17.8. The molecule has 30 heavy (non-hydrogen) atoms. The van der Waals surface area contributed by atoms with Gasteiger partial charge >= 0.3 is 0 Å². The van der Waals surface area contributed by atoms with Crippen molar-refractivity contribution in [1.29, 1.82) is 0 Å². The zero-order valence-electron chi connectivity index (χ0n) is 18.9. The van der Waals surface area contributed by atoms with Crippen molar-refractivity contribution in [1.82, 2.24) is 5.43 Å². The molecule has 0 aliphatic carbocycles. The van der Waals surface area contributed by atoms with Crippen molar-refractivity contribution in [3.05, 3.63) is 23.8 Å². The standard InChI is InChI=1S/C25H42N2O3/c1-2-3-4-5-6-7-8-9-10-11-12-13-14-15-16-17-25(30)27-26-21-22-18-19-23(28)20-24(22)29/h18-21,28-29H,2-17H2,1H3,(H,27,30). The van der Waals surface area contributed by atoms with Crippen molar-refractivity contribution >= 4 is 12.1 Å². The van der Waals surface area contributed by atoms with Gasteiger partial charge in [0.25, 0.3) is 0 Å². The van der Waals surface area contributed by atoms with Gasteiger partial charge in [-0.2, -0.15) is 5.10 Å². The van der Waals surface area contributed by atoms with E-state index in [1.54, 1.807) is 0 Å². The summed E-state index contributed by atoms with van der Waals surface area (Å²) in [5.74, 6) is -0.198. The van der Waals surface area contributed by atoms with Gasteiger partial charge in [0.05, 0.1) is 6.21 Å². The molecule has 5 nitrogen and oxygen atoms in total. The van der Waals surface area contributed by atoms with Crippen LogP contribution in [0.2, 0.25) is 0 Å². The minimum Gasteiger partial charge on any atom is -0.508 e. The molecule has 0 aromatic heterocycles. The lowest BCUT2D eigenvalue weighted by molar-refractivity contribution is -0.121. The summed E-state index contributed by atoms with van der Waals surface area (Å²) in [4.78, 5) is 11.8. The number of rotatable bonds is 18. The smallest absolute Gasteiger partial charge is 0.240 e. The van der Waals surface area contributed by atoms with Crippen LogP contribution < -0.4 is 5.43 Å². The van der Waals surface area contributed by atoms with Crippen molar-refractivity contribution in [2.45, 2.75) is 110 Å². The topological polar surface area (TPSA) is 81.9 Å². The molecule has 0 bridgehead atoms. The van der Waals surface area contributed by atoms with Crippen LogP contribution in [0, 0.1) is 0 Å². The van der Waals surface area contributed by atoms with E-state index in [0.29, 0.717) is 12.0 Å². The van der Waals surface area contributed by atoms with Crippen molar-refractivity contribution in [2.75, 3.05) is 0 Å². The second-order valence-electron chi connectivity index (χ2n) is 8.24. The number of nitrogens with zero attached hydrogens (tertiary/aromatic N) is 1. The van der Waals surface area contributed by atoms with E-state index in [1.807, 2.05) is 0 Å². The molecule has 1 aromatic carbocycles. The second-order valence-corrected chi connectivity index (χ2v) is 8.24. The van der Waals surface area contributed by atoms with Crippen molar-refractivity contribution in [2.24, 2.45) is 5.10 Å². The summed E-state index contributed by atoms with van der Waals surface area (Å²) in [5.41, 5.74) is 2.92. The average molecular weight is 419 g/mol. The quantitative estimate of drug-likeness (QED) is 0.139. The Bertz CT molecular complexity index is 602. The van der Waals surface area contributed by atoms with Gasteiger partial charge in [0.1, 0.15) is 11.5 Å². The lowest BCUT2D eigenvalue weighted by Crippen LogP contribution is -2.16. The van der Waals surface area contributed by atoms with Crippen LogP contribution in [0.3, 0.4) is 0 Å². The Balaban J connectivity index is 1.88. The maximum absolute atomic E-state index is 11.8. The fourth-order valence-electron chi connectivity index (χ4n) is 3.53. The van der Waals surface area contributed by atoms with Crippen LogP contribution in [0.25, 0.3) is 0 Å². The van der Waals surface area contributed by atoms with Crippen LogP contribution in [-0.4, -0.2) is 22.3 Å². The first kappa shape index (κ1) is 26.0. The minimum absolute atomic E-state index is 0.0122. The van der Waals surface area contributed by atoms with Gasteiger partial charge in [-0.25, -0.2) is 5.43 Å². The first-order valence-electron chi connectivity index (χ1n) is 12.0. The number of hydrogen-bond acceptors (Lipinski definition) is 4. The number of hydrogen-bond donors (Lipinski definition) is 3. The molecule has 0 saturated carbocycles. The van der Waals surface area contributed by atoms with Crippen molar-refractivity contribution in [3.63, 3.8) is 0 Å². The molecule has 5 heteroatoms. The van der Waals surface area contributed by atoms with E-state index in [0.717, 1.165) is 12.8 Å². The zero-order chi connectivity index (χ0) is 21.9. The number of phenolic OH excluding ortho intramolecular Hbond substituents is 2. The van der Waals surface area contributed by atoms with Crippen LogP contribution in [0.15, 0.2) is 23.3 Å². The van der Waals surface area contributed by atoms with E-state index in [9.17, 15) is 15.0 Å². The van der Waals surface area contributed by atoms with Crippen LogP contribution >= 0.6 is 0 Å². The number of aromatic hydroxyl groups is 2. The Morgan fingerprint density at radius 1 is 0.833 bits per heavy atom. The van der Waals surface area contributed by atoms with E-state index in [-0.39, 0.29) is 17.4 Å². The summed E-state index contributed by atoms with van der Waals surface area (Å²) < 4.78 is 0. The molecular formula is C25H42N2O3. The average Bonchev–Trinajstić information content (AvgIpc) is 2.72. The largest absolute Gasteiger partial charge is 0.508 e. The lowest BCUT2D eigenvalue weighted by Gasteiger charge is -2.03. The summed E-state index contributed by atoms with van der Waals surface area (Å²) in [7, 11) is 0. The van der Waals surface area contributed by atoms with Crippen LogP contribution in [0.1, 0.15) is 115 Å². The Kier molecular flexibility index (Phi) is 15.4. The third-order valence-corrected chi connectivity index (χ3v) is 5.41. The van der Waals surface area contributed by atoms with Crippen LogP contribution in [0.4, 0.5) is 0 Å². The molecular weight excluding hydrogens is 376 g/mol. The molecule has 0 fully saturated rings. The third-order valence-electron chi connectivity index (χ3n) is 5.41. The van der Waals surface area contributed by atoms with Gasteiger partial charge < -0.3 is 10.2 Å². The Hall–Kier alpha value is -2.04. The number of carbonyl (C=O) groups excluding carboxylic acids is 1. The third kappa shape index (κ3) is 14.0. The summed E-state index contributed by atoms with van der Waals surface area (Å²) in [6.45, 7) is 2.27. The van der Waals surface area contributed by atoms with Gasteiger partial charge in [-0.15, -0.1) is 0 Å². The van der Waals surface area contributed by atoms with Gasteiger partial charge in [-0.1, -0.05) is 96.8 Å². The molecule has 1 amide bonds. The Labute approximate surface area is 183 Å². The summed E-state index contributed by atoms with van der Waals surface area (Å²) in [6, 6.07) is 4.23. The molecule has 0 atom stereocenters. The summed E-state index contributed by atoms with van der Waals surface area (Å²) in [5, 5.41) is 22.7. The van der Waals surface area contributed by atoms with Crippen molar-refractivity contribution < 1.29 is 15.0 Å². The number of amides is 1. The SMILES string of the molecule is CCCCCCCCCCCCCCCCCC(=O)NN=Cc1ccc(O)cc1O. The van der Waals surface area contributed by atoms with Gasteiger partial charge in [0.15, 0.2) is 0 Å². The highest BCUT2D eigenvalue weighted by Gasteiger charge is 2.01. The van der Waals surface area contributed by atoms with Gasteiger partial charge in [0.2, 0.25) is 5.91 Å². The van der Waals surface area contributed by atoms with E-state index in [1.165, 1.54) is 108 Å². The molecule has 0 spiro atoms. The van der Waals surface area contributed by atoms with Gasteiger partial charge in [-0.3, -0.25) is 4.79 Å². The predicted octanol–water partition coefficient (Wildman–Crippen LogP) is 6.81. The maximum Gasteiger partial charge on any atom is 0.240 e. The molecule has 0 saturated heterocycles. The van der Waals surface area contributed by atoms with Crippen molar-refractivity contribution in [3.8, 4) is 11.5 Å². The predicted molar refractivity (Wildman–Crippen MR) is 125 cm³/mol. The summed E-state index contributed by atoms with van der Waals surface area (Å²) in [6.07, 6.45) is 21.4. The molecule has 0 aliphatic heterocycles. The van der Waals surface area contributed by atoms with E-state index >= 15 is 0 Å². The summed E-state index contributed by atoms with van der Waals surface area (Å²) >= 11 is 0. The minimum atomic E-state index is -0.112. The molecule has 0 unspecified atom stereocenters. The highest BCUT2D eigenvalue weighted by molar-refractivity contribution is 5.85. The van der Waals surface area contributed by atoms with Crippen LogP contribution in [-0.2, 0) is 4.79 Å². The molecule has 0 heterocycles. The van der Waals surface area contributed by atoms with E-state index in [2.05, 4.69) is 17.5 Å². The normalized spacial score (nSPS) is 11.2. The molecule has 0 aliphatic rings. The van der Waals surface area contributed by atoms with E-state index < -0.39 is 0 Å². The highest BCUT2D eigenvalue weighted by atomic mass is 16.3. The number of hydrazone groups is 1. The molecule has 0 radical (unpaired) electrons. The fourth-order valence-corrected chi connectivity index (χ4v) is 3.53. The number of benzene rings is 1. The number of unbranched alkanes of at least 4 members (excludes halogenated alkanes) is 14. The number of phenols is 2. The lowest BCUT2D eigenvalue weighted by atomic mass is 10.0. The number of carbonyl (C=O) groups is 1. The molecule has 170 valence electrons. The van der Waals surface area contributed by atoms with E-state index in [4.69, 9.17) is 0 Å². The maximum atomic E-state index is 11.8. The first-order valence-corrected chi connectivity index (χ1v) is 12.0. The van der Waals surface area contributed by atoms with Gasteiger partial charge in [-0.05, 0) is 18.6 Å². The molecule has 1 aromatic rings. The zero-order valence-corrected chi connectivity index (χ0v) is 18.9. The monoisotopic (exact) mass is 418 g/mol. The Morgan fingerprint density at radius 3 is 1.83 bits per heavy atom. The number of nitrogens with one attached hydrogen (secondary N) is 1. The van der Waals surface area contributed by atoms with Crippen LogP contribution in [0.5, 0.6) is 11.5 Å². The Morgan fingerprint density at radius 2 is 1.33 bits per heavy atom. The molecule has 1 rings (SSSR count). The molecule has 3 N–H and O–H groups in total.